The van der Waals surface area contributed by atoms with Crippen molar-refractivity contribution in [2.45, 2.75) is 81.4 Å². The summed E-state index contributed by atoms with van der Waals surface area (Å²) in [6, 6.07) is 9.44. The van der Waals surface area contributed by atoms with Gasteiger partial charge in [-0.1, -0.05) is 34.4 Å². The van der Waals surface area contributed by atoms with Crippen LogP contribution in [0.4, 0.5) is 5.69 Å². The van der Waals surface area contributed by atoms with Gasteiger partial charge in [0.2, 0.25) is 0 Å². The molecular formula is C32H35Cl2N3O6S. The van der Waals surface area contributed by atoms with Gasteiger partial charge in [0, 0.05) is 48.3 Å². The zero-order valence-corrected chi connectivity index (χ0v) is 26.8. The number of benzene rings is 1. The van der Waals surface area contributed by atoms with Gasteiger partial charge in [0.05, 0.1) is 39.9 Å². The first-order chi connectivity index (χ1) is 21.2. The molecule has 9 nitrogen and oxygen atoms in total. The number of carbonyl (C=O) groups excluding carboxylic acids is 1. The second-order valence-electron chi connectivity index (χ2n) is 12.5. The molecule has 2 saturated heterocycles. The first kappa shape index (κ1) is 30.2. The Kier molecular flexibility index (Phi) is 8.24. The molecule has 0 N–H and O–H groups in total. The number of rotatable bonds is 10. The number of aromatic nitrogens is 2. The highest BCUT2D eigenvalue weighted by molar-refractivity contribution is 7.92. The average molecular weight is 661 g/mol. The van der Waals surface area contributed by atoms with Crippen LogP contribution in [0.2, 0.25) is 10.0 Å². The van der Waals surface area contributed by atoms with Gasteiger partial charge in [-0.2, -0.15) is 0 Å². The molecule has 0 amide bonds. The van der Waals surface area contributed by atoms with Crippen LogP contribution in [0.3, 0.4) is 0 Å². The van der Waals surface area contributed by atoms with Crippen molar-refractivity contribution in [2.75, 3.05) is 23.9 Å². The van der Waals surface area contributed by atoms with Crippen molar-refractivity contribution in [1.82, 2.24) is 10.1 Å². The number of halogens is 2. The molecule has 2 bridgehead atoms. The summed E-state index contributed by atoms with van der Waals surface area (Å²) in [6.45, 7) is 3.40. The van der Waals surface area contributed by atoms with Gasteiger partial charge in [-0.15, -0.1) is 0 Å². The normalized spacial score (nSPS) is 25.6. The van der Waals surface area contributed by atoms with Gasteiger partial charge >= 0.3 is 0 Å². The highest BCUT2D eigenvalue weighted by atomic mass is 35.5. The molecule has 12 heteroatoms. The largest absolute Gasteiger partial charge is 0.381 e. The van der Waals surface area contributed by atoms with Crippen LogP contribution in [-0.4, -0.2) is 66.7 Å². The Balaban J connectivity index is 1.01. The SMILES string of the molecule is C[C@@H]1[C@@H]2C[C@@H](C[C@H]2OCc2c(-c3c(Cl)cccc3Cl)noc2C2CC2)N1c1ccc(C(=O)CS(=O)(=O)C2CCOCC2)nc1. The van der Waals surface area contributed by atoms with E-state index < -0.39 is 26.6 Å². The van der Waals surface area contributed by atoms with E-state index in [1.165, 1.54) is 0 Å². The van der Waals surface area contributed by atoms with E-state index in [9.17, 15) is 13.2 Å². The van der Waals surface area contributed by atoms with Crippen molar-refractivity contribution in [3.8, 4) is 11.3 Å². The fourth-order valence-corrected chi connectivity index (χ4v) is 9.50. The van der Waals surface area contributed by atoms with Crippen LogP contribution in [0.1, 0.15) is 73.2 Å². The van der Waals surface area contributed by atoms with Crippen LogP contribution in [-0.2, 0) is 25.9 Å². The number of pyridine rings is 1. The van der Waals surface area contributed by atoms with Crippen molar-refractivity contribution in [3.05, 3.63) is 63.6 Å². The van der Waals surface area contributed by atoms with Crippen molar-refractivity contribution in [1.29, 1.82) is 0 Å². The van der Waals surface area contributed by atoms with E-state index in [0.29, 0.717) is 65.8 Å². The van der Waals surface area contributed by atoms with E-state index in [1.807, 2.05) is 12.1 Å². The Hall–Kier alpha value is -2.50. The number of hydrogen-bond acceptors (Lipinski definition) is 9. The number of anilines is 1. The molecule has 2 aliphatic heterocycles. The average Bonchev–Trinajstić information content (AvgIpc) is 3.52. The molecule has 3 aromatic rings. The van der Waals surface area contributed by atoms with E-state index in [4.69, 9.17) is 37.2 Å². The zero-order valence-electron chi connectivity index (χ0n) is 24.5. The molecular weight excluding hydrogens is 625 g/mol. The van der Waals surface area contributed by atoms with E-state index in [0.717, 1.165) is 42.7 Å². The van der Waals surface area contributed by atoms with Crippen LogP contribution < -0.4 is 4.90 Å². The molecule has 4 atom stereocenters. The Bertz CT molecular complexity index is 1630. The van der Waals surface area contributed by atoms with Gasteiger partial charge in [0.1, 0.15) is 22.9 Å². The van der Waals surface area contributed by atoms with Gasteiger partial charge in [0.15, 0.2) is 15.6 Å². The summed E-state index contributed by atoms with van der Waals surface area (Å²) in [7, 11) is -3.54. The van der Waals surface area contributed by atoms with Crippen molar-refractivity contribution >= 4 is 44.5 Å². The number of hydrogen-bond donors (Lipinski definition) is 0. The minimum atomic E-state index is -3.54. The lowest BCUT2D eigenvalue weighted by Crippen LogP contribution is -2.45. The number of ketones is 1. The van der Waals surface area contributed by atoms with Crippen LogP contribution in [0, 0.1) is 5.92 Å². The molecule has 0 spiro atoms. The van der Waals surface area contributed by atoms with Crippen LogP contribution in [0.5, 0.6) is 0 Å². The maximum atomic E-state index is 12.8. The Morgan fingerprint density at radius 3 is 2.48 bits per heavy atom. The topological polar surface area (TPSA) is 112 Å². The van der Waals surface area contributed by atoms with Gasteiger partial charge < -0.3 is 18.9 Å². The Morgan fingerprint density at radius 2 is 1.82 bits per heavy atom. The monoisotopic (exact) mass is 659 g/mol. The second-order valence-corrected chi connectivity index (χ2v) is 15.6. The first-order valence-electron chi connectivity index (χ1n) is 15.3. The summed E-state index contributed by atoms with van der Waals surface area (Å²) in [6.07, 6.45) is 6.64. The molecule has 234 valence electrons. The van der Waals surface area contributed by atoms with E-state index in [2.05, 4.69) is 22.0 Å². The lowest BCUT2D eigenvalue weighted by atomic mass is 9.96. The third-order valence-electron chi connectivity index (χ3n) is 9.73. The molecule has 44 heavy (non-hydrogen) atoms. The first-order valence-corrected chi connectivity index (χ1v) is 17.8. The third kappa shape index (κ3) is 5.68. The summed E-state index contributed by atoms with van der Waals surface area (Å²) in [5.41, 5.74) is 3.36. The summed E-state index contributed by atoms with van der Waals surface area (Å²) in [5.74, 6) is 0.559. The predicted molar refractivity (Wildman–Crippen MR) is 167 cm³/mol. The summed E-state index contributed by atoms with van der Waals surface area (Å²) in [5, 5.41) is 4.92. The Labute approximate surface area is 267 Å². The number of nitrogens with zero attached hydrogens (tertiary/aromatic N) is 3. The predicted octanol–water partition coefficient (Wildman–Crippen LogP) is 6.27. The zero-order chi connectivity index (χ0) is 30.6. The number of ether oxygens (including phenoxy) is 2. The second kappa shape index (κ2) is 12.0. The van der Waals surface area contributed by atoms with Crippen molar-refractivity contribution in [3.63, 3.8) is 0 Å². The lowest BCUT2D eigenvalue weighted by molar-refractivity contribution is 0.00367. The maximum absolute atomic E-state index is 12.8. The molecule has 4 fully saturated rings. The molecule has 0 radical (unpaired) electrons. The van der Waals surface area contributed by atoms with Crippen LogP contribution in [0.15, 0.2) is 41.1 Å². The molecule has 2 aliphatic carbocycles. The van der Waals surface area contributed by atoms with Crippen LogP contribution in [0.25, 0.3) is 11.3 Å². The fourth-order valence-electron chi connectivity index (χ4n) is 7.27. The molecule has 0 unspecified atom stereocenters. The minimum Gasteiger partial charge on any atom is -0.381 e. The number of Topliss-reactive ketones (excluding diaryl/α,β-unsaturated/α-hetero) is 1. The molecule has 1 aromatic carbocycles. The van der Waals surface area contributed by atoms with E-state index in [-0.39, 0.29) is 23.9 Å². The van der Waals surface area contributed by atoms with E-state index in [1.54, 1.807) is 24.4 Å². The summed E-state index contributed by atoms with van der Waals surface area (Å²) >= 11 is 13.1. The molecule has 7 rings (SSSR count). The smallest absolute Gasteiger partial charge is 0.196 e. The van der Waals surface area contributed by atoms with Crippen molar-refractivity contribution < 1.29 is 27.2 Å². The molecule has 2 saturated carbocycles. The number of piperidine rings is 1. The lowest BCUT2D eigenvalue weighted by Gasteiger charge is -2.38. The van der Waals surface area contributed by atoms with Crippen molar-refractivity contribution in [2.24, 2.45) is 5.92 Å². The van der Waals surface area contributed by atoms with Gasteiger partial charge in [-0.05, 0) is 69.7 Å². The molecule has 4 heterocycles. The van der Waals surface area contributed by atoms with Gasteiger partial charge in [0.25, 0.3) is 0 Å². The number of carbonyl (C=O) groups is 1. The standard InChI is InChI=1S/C32H35Cl2N3O6S/c1-18-23-13-21(37(18)20-7-8-27(35-15-20)28(38)17-44(39,40)22-9-11-41-12-10-22)14-29(23)42-16-24-31(36-43-32(24)19-5-6-19)30-25(33)3-2-4-26(30)34/h2-4,7-8,15,18-19,21-23,29H,5-6,9-14,16-17H2,1H3/t18-,21+,23+,29-/m1/s1. The quantitative estimate of drug-likeness (QED) is 0.232. The molecule has 2 aromatic heterocycles. The third-order valence-corrected chi connectivity index (χ3v) is 12.5. The van der Waals surface area contributed by atoms with Crippen LogP contribution >= 0.6 is 23.2 Å². The van der Waals surface area contributed by atoms with Gasteiger partial charge in [-0.3, -0.25) is 9.78 Å². The summed E-state index contributed by atoms with van der Waals surface area (Å²) < 4.78 is 43.2. The maximum Gasteiger partial charge on any atom is 0.196 e. The Morgan fingerprint density at radius 1 is 1.07 bits per heavy atom. The minimum absolute atomic E-state index is 0.0759. The summed E-state index contributed by atoms with van der Waals surface area (Å²) in [4.78, 5) is 19.6. The van der Waals surface area contributed by atoms with E-state index >= 15 is 0 Å². The highest BCUT2D eigenvalue weighted by Crippen LogP contribution is 2.49. The number of fused-ring (bicyclic) bond motifs is 2. The number of sulfone groups is 1. The molecule has 4 aliphatic rings. The highest BCUT2D eigenvalue weighted by Gasteiger charge is 2.50. The fraction of sp³-hybridized carbons (Fsp3) is 0.531. The van der Waals surface area contributed by atoms with Gasteiger partial charge in [-0.25, -0.2) is 8.42 Å².